The molecule has 0 unspecified atom stereocenters. The third kappa shape index (κ3) is 3.39. The monoisotopic (exact) mass is 292 g/mol. The summed E-state index contributed by atoms with van der Waals surface area (Å²) in [7, 11) is 1.23. The van der Waals surface area contributed by atoms with Gasteiger partial charge in [0.2, 0.25) is 0 Å². The Kier molecular flexibility index (Phi) is 4.41. The van der Waals surface area contributed by atoms with E-state index in [2.05, 4.69) is 15.4 Å². The molecule has 1 saturated heterocycles. The Morgan fingerprint density at radius 1 is 1.35 bits per heavy atom. The molecule has 104 valence electrons. The molecular formula is C13H12N2O4S. The molecule has 1 atom stereocenters. The zero-order valence-electron chi connectivity index (χ0n) is 10.6. The first-order valence-corrected chi connectivity index (χ1v) is 6.61. The molecule has 1 aromatic rings. The zero-order chi connectivity index (χ0) is 14.5. The molecule has 7 heteroatoms. The third-order valence-electron chi connectivity index (χ3n) is 2.48. The van der Waals surface area contributed by atoms with Crippen LogP contribution in [0.5, 0.6) is 0 Å². The van der Waals surface area contributed by atoms with Crippen molar-refractivity contribution in [1.29, 1.82) is 0 Å². The summed E-state index contributed by atoms with van der Waals surface area (Å²) in [5.74, 6) is -1.33. The number of ether oxygens (including phenoxy) is 1. The van der Waals surface area contributed by atoms with Gasteiger partial charge in [-0.3, -0.25) is 9.59 Å². The fraction of sp³-hybridized carbons (Fsp3) is 0.154. The van der Waals surface area contributed by atoms with Gasteiger partial charge in [-0.1, -0.05) is 30.0 Å². The van der Waals surface area contributed by atoms with Crippen LogP contribution >= 0.6 is 11.8 Å². The van der Waals surface area contributed by atoms with Crippen molar-refractivity contribution in [3.63, 3.8) is 0 Å². The van der Waals surface area contributed by atoms with Gasteiger partial charge in [0.1, 0.15) is 0 Å². The number of amides is 2. The van der Waals surface area contributed by atoms with Crippen LogP contribution in [0.1, 0.15) is 10.4 Å². The molecule has 0 saturated carbocycles. The summed E-state index contributed by atoms with van der Waals surface area (Å²) in [6.07, 6.45) is 1.09. The first kappa shape index (κ1) is 14.1. The first-order chi connectivity index (χ1) is 9.60. The summed E-state index contributed by atoms with van der Waals surface area (Å²) < 4.78 is 4.45. The summed E-state index contributed by atoms with van der Waals surface area (Å²) in [6, 6.07) is 8.64. The van der Waals surface area contributed by atoms with Crippen LogP contribution in [0, 0.1) is 0 Å². The molecule has 2 rings (SSSR count). The van der Waals surface area contributed by atoms with Gasteiger partial charge in [-0.15, -0.1) is 0 Å². The van der Waals surface area contributed by atoms with Crippen molar-refractivity contribution in [2.45, 2.75) is 5.50 Å². The molecule has 1 aliphatic heterocycles. The standard InChI is InChI=1S/C13H12N2O4S/c1-19-10(16)7-9-12(18)15-13(20-9)14-11(17)8-5-3-2-4-6-8/h2-7,13H,1H3,(H,14,17)(H,15,18)/b9-7-/t13-/m0/s1. The number of carbonyl (C=O) groups is 3. The second kappa shape index (κ2) is 6.25. The first-order valence-electron chi connectivity index (χ1n) is 5.73. The number of benzene rings is 1. The maximum absolute atomic E-state index is 11.9. The van der Waals surface area contributed by atoms with Gasteiger partial charge < -0.3 is 15.4 Å². The number of methoxy groups -OCH3 is 1. The van der Waals surface area contributed by atoms with Crippen LogP contribution in [-0.4, -0.2) is 30.4 Å². The Hall–Kier alpha value is -2.28. The lowest BCUT2D eigenvalue weighted by Gasteiger charge is -2.10. The maximum atomic E-state index is 11.9. The number of nitrogens with one attached hydrogen (secondary N) is 2. The van der Waals surface area contributed by atoms with Crippen molar-refractivity contribution in [3.8, 4) is 0 Å². The van der Waals surface area contributed by atoms with Gasteiger partial charge in [-0.05, 0) is 12.1 Å². The van der Waals surface area contributed by atoms with Gasteiger partial charge in [0, 0.05) is 11.6 Å². The van der Waals surface area contributed by atoms with E-state index < -0.39 is 17.4 Å². The van der Waals surface area contributed by atoms with Crippen molar-refractivity contribution in [2.75, 3.05) is 7.11 Å². The van der Waals surface area contributed by atoms with Crippen LogP contribution in [0.3, 0.4) is 0 Å². The molecule has 0 aliphatic carbocycles. The molecule has 1 aromatic carbocycles. The minimum absolute atomic E-state index is 0.204. The van der Waals surface area contributed by atoms with Gasteiger partial charge in [-0.25, -0.2) is 4.79 Å². The highest BCUT2D eigenvalue weighted by molar-refractivity contribution is 8.05. The van der Waals surface area contributed by atoms with Crippen molar-refractivity contribution in [1.82, 2.24) is 10.6 Å². The molecule has 0 bridgehead atoms. The van der Waals surface area contributed by atoms with Crippen molar-refractivity contribution < 1.29 is 19.1 Å². The van der Waals surface area contributed by atoms with E-state index in [4.69, 9.17) is 0 Å². The van der Waals surface area contributed by atoms with Crippen LogP contribution in [0.15, 0.2) is 41.3 Å². The molecule has 0 radical (unpaired) electrons. The number of carbonyl (C=O) groups excluding carboxylic acids is 3. The quantitative estimate of drug-likeness (QED) is 0.630. The molecule has 6 nitrogen and oxygen atoms in total. The second-order valence-corrected chi connectivity index (χ2v) is 4.99. The maximum Gasteiger partial charge on any atom is 0.331 e. The second-order valence-electron chi connectivity index (χ2n) is 3.84. The lowest BCUT2D eigenvalue weighted by Crippen LogP contribution is -2.41. The average molecular weight is 292 g/mol. The Morgan fingerprint density at radius 3 is 2.70 bits per heavy atom. The average Bonchev–Trinajstić information content (AvgIpc) is 2.79. The molecule has 2 amide bonds. The van der Waals surface area contributed by atoms with Crippen molar-refractivity contribution >= 4 is 29.5 Å². The Labute approximate surface area is 119 Å². The Morgan fingerprint density at radius 2 is 2.05 bits per heavy atom. The predicted molar refractivity (Wildman–Crippen MR) is 73.5 cm³/mol. The van der Waals surface area contributed by atoms with Crippen LogP contribution in [0.25, 0.3) is 0 Å². The van der Waals surface area contributed by atoms with Gasteiger partial charge in [0.05, 0.1) is 12.0 Å². The van der Waals surface area contributed by atoms with E-state index in [1.807, 2.05) is 0 Å². The highest BCUT2D eigenvalue weighted by atomic mass is 32.2. The van der Waals surface area contributed by atoms with E-state index in [9.17, 15) is 14.4 Å². The van der Waals surface area contributed by atoms with E-state index in [-0.39, 0.29) is 10.8 Å². The summed E-state index contributed by atoms with van der Waals surface area (Å²) >= 11 is 1.05. The van der Waals surface area contributed by atoms with E-state index in [0.717, 1.165) is 17.8 Å². The predicted octanol–water partition coefficient (Wildman–Crippen LogP) is 0.620. The largest absolute Gasteiger partial charge is 0.466 e. The van der Waals surface area contributed by atoms with Gasteiger partial charge in [0.25, 0.3) is 11.8 Å². The van der Waals surface area contributed by atoms with E-state index in [1.54, 1.807) is 30.3 Å². The molecule has 20 heavy (non-hydrogen) atoms. The minimum Gasteiger partial charge on any atom is -0.466 e. The highest BCUT2D eigenvalue weighted by Gasteiger charge is 2.29. The molecule has 1 aliphatic rings. The summed E-state index contributed by atoms with van der Waals surface area (Å²) in [5.41, 5.74) is -0.112. The van der Waals surface area contributed by atoms with Crippen molar-refractivity contribution in [3.05, 3.63) is 46.9 Å². The normalized spacial score (nSPS) is 19.6. The smallest absolute Gasteiger partial charge is 0.331 e. The summed E-state index contributed by atoms with van der Waals surface area (Å²) in [6.45, 7) is 0. The highest BCUT2D eigenvalue weighted by Crippen LogP contribution is 2.25. The topological polar surface area (TPSA) is 84.5 Å². The Bertz CT molecular complexity index is 571. The van der Waals surface area contributed by atoms with E-state index >= 15 is 0 Å². The minimum atomic E-state index is -0.613. The third-order valence-corrected chi connectivity index (χ3v) is 3.51. The summed E-state index contributed by atoms with van der Waals surface area (Å²) in [4.78, 5) is 34.8. The number of hydrogen-bond acceptors (Lipinski definition) is 5. The number of thioether (sulfide) groups is 1. The SMILES string of the molecule is COC(=O)/C=C1\S[C@@H](NC(=O)c2ccccc2)NC1=O. The van der Waals surface area contributed by atoms with Crippen LogP contribution in [0.2, 0.25) is 0 Å². The fourth-order valence-electron chi connectivity index (χ4n) is 1.52. The fourth-order valence-corrected chi connectivity index (χ4v) is 2.44. The van der Waals surface area contributed by atoms with Gasteiger partial charge >= 0.3 is 5.97 Å². The van der Waals surface area contributed by atoms with Crippen LogP contribution in [0.4, 0.5) is 0 Å². The zero-order valence-corrected chi connectivity index (χ0v) is 11.4. The molecule has 1 heterocycles. The number of esters is 1. The lowest BCUT2D eigenvalue weighted by molar-refractivity contribution is -0.135. The molecule has 1 fully saturated rings. The summed E-state index contributed by atoms with van der Waals surface area (Å²) in [5, 5.41) is 5.20. The van der Waals surface area contributed by atoms with E-state index in [1.165, 1.54) is 7.11 Å². The molecule has 0 spiro atoms. The van der Waals surface area contributed by atoms with Crippen LogP contribution < -0.4 is 10.6 Å². The molecular weight excluding hydrogens is 280 g/mol. The van der Waals surface area contributed by atoms with Crippen molar-refractivity contribution in [2.24, 2.45) is 0 Å². The lowest BCUT2D eigenvalue weighted by atomic mass is 10.2. The van der Waals surface area contributed by atoms with E-state index in [0.29, 0.717) is 5.56 Å². The number of rotatable bonds is 3. The molecule has 2 N–H and O–H groups in total. The van der Waals surface area contributed by atoms with Gasteiger partial charge in [0.15, 0.2) is 5.50 Å². The number of hydrogen-bond donors (Lipinski definition) is 2. The van der Waals surface area contributed by atoms with Gasteiger partial charge in [-0.2, -0.15) is 0 Å². The molecule has 0 aromatic heterocycles. The van der Waals surface area contributed by atoms with Crippen LogP contribution in [-0.2, 0) is 14.3 Å². The Balaban J connectivity index is 1.99.